The number of nitrogens with zero attached hydrogens (tertiary/aromatic N) is 6. The highest BCUT2D eigenvalue weighted by Crippen LogP contribution is 2.33. The number of carbonyl (C=O) groups is 1. The lowest BCUT2D eigenvalue weighted by Crippen LogP contribution is -2.37. The Balaban J connectivity index is 1.55. The van der Waals surface area contributed by atoms with Gasteiger partial charge in [-0.2, -0.15) is 0 Å². The van der Waals surface area contributed by atoms with Crippen molar-refractivity contribution in [2.75, 3.05) is 19.7 Å². The van der Waals surface area contributed by atoms with E-state index in [1.54, 1.807) is 40.7 Å². The third-order valence-corrected chi connectivity index (χ3v) is 6.67. The Morgan fingerprint density at radius 1 is 1.24 bits per heavy atom. The van der Waals surface area contributed by atoms with E-state index in [0.717, 1.165) is 19.3 Å². The molecule has 0 bridgehead atoms. The quantitative estimate of drug-likeness (QED) is 0.190. The summed E-state index contributed by atoms with van der Waals surface area (Å²) in [4.78, 5) is 23.9. The normalized spacial score (nSPS) is 15.1. The smallest absolute Gasteiger partial charge is 0.272 e. The molecule has 3 heterocycles. The molecule has 1 aliphatic heterocycles. The van der Waals surface area contributed by atoms with E-state index < -0.39 is 24.4 Å². The minimum atomic E-state index is -2.62. The summed E-state index contributed by atoms with van der Waals surface area (Å²) in [6.45, 7) is 3.91. The number of ether oxygens (including phenoxy) is 1. The van der Waals surface area contributed by atoms with Crippen LogP contribution in [0.25, 0.3) is 22.7 Å². The molecule has 0 atom stereocenters. The Hall–Kier alpha value is -3.81. The van der Waals surface area contributed by atoms with Crippen molar-refractivity contribution in [3.8, 4) is 28.6 Å². The maximum absolute atomic E-state index is 15.0. The van der Waals surface area contributed by atoms with Gasteiger partial charge in [0.1, 0.15) is 17.2 Å². The monoisotopic (exact) mass is 549 g/mol. The molecule has 2 N–H and O–H groups in total. The lowest BCUT2D eigenvalue weighted by atomic mass is 9.92. The SMILES string of the molecule is CC(C)(/N=C(/N)N1CCCCN(C=O)S1)c1cc(-c2cc(-c3cnc(OCC(F)F)cn3)no2)ccc1F. The van der Waals surface area contributed by atoms with Crippen molar-refractivity contribution in [1.82, 2.24) is 23.7 Å². The van der Waals surface area contributed by atoms with E-state index in [4.69, 9.17) is 15.0 Å². The number of benzene rings is 1. The van der Waals surface area contributed by atoms with Crippen molar-refractivity contribution in [3.63, 3.8) is 0 Å². The summed E-state index contributed by atoms with van der Waals surface area (Å²) in [5, 5.41) is 3.99. The van der Waals surface area contributed by atoms with Crippen molar-refractivity contribution in [2.45, 2.75) is 38.7 Å². The number of nitrogens with two attached hydrogens (primary N) is 1. The molecule has 1 fully saturated rings. The second-order valence-corrected chi connectivity index (χ2v) is 9.95. The number of aliphatic imine (C=N–C) groups is 1. The number of halogens is 3. The molecular formula is C24H26F3N7O3S. The van der Waals surface area contributed by atoms with Gasteiger partial charge in [-0.15, -0.1) is 0 Å². The topological polar surface area (TPSA) is 123 Å². The van der Waals surface area contributed by atoms with Crippen LogP contribution in [0.2, 0.25) is 0 Å². The van der Waals surface area contributed by atoms with Crippen molar-refractivity contribution < 1.29 is 27.2 Å². The minimum Gasteiger partial charge on any atom is -0.470 e. The molecule has 1 saturated heterocycles. The number of amides is 1. The van der Waals surface area contributed by atoms with Gasteiger partial charge >= 0.3 is 0 Å². The van der Waals surface area contributed by atoms with Gasteiger partial charge in [-0.25, -0.2) is 28.1 Å². The van der Waals surface area contributed by atoms with E-state index in [-0.39, 0.29) is 17.4 Å². The van der Waals surface area contributed by atoms with Crippen LogP contribution < -0.4 is 10.5 Å². The molecule has 3 aromatic rings. The Morgan fingerprint density at radius 3 is 2.74 bits per heavy atom. The number of rotatable bonds is 8. The van der Waals surface area contributed by atoms with Crippen LogP contribution in [0, 0.1) is 5.82 Å². The first-order valence-electron chi connectivity index (χ1n) is 11.7. The van der Waals surface area contributed by atoms with Crippen LogP contribution in [-0.2, 0) is 10.3 Å². The molecule has 1 aliphatic rings. The van der Waals surface area contributed by atoms with Gasteiger partial charge in [0.2, 0.25) is 18.2 Å². The largest absolute Gasteiger partial charge is 0.470 e. The van der Waals surface area contributed by atoms with Gasteiger partial charge in [0.05, 0.1) is 30.1 Å². The van der Waals surface area contributed by atoms with Crippen LogP contribution in [0.4, 0.5) is 13.2 Å². The molecule has 14 heteroatoms. The lowest BCUT2D eigenvalue weighted by molar-refractivity contribution is -0.113. The summed E-state index contributed by atoms with van der Waals surface area (Å²) in [6.07, 6.45) is 2.34. The highest BCUT2D eigenvalue weighted by atomic mass is 32.2. The first-order valence-corrected chi connectivity index (χ1v) is 12.4. The molecule has 0 spiro atoms. The van der Waals surface area contributed by atoms with Gasteiger partial charge in [0, 0.05) is 30.3 Å². The fourth-order valence-corrected chi connectivity index (χ4v) is 4.55. The van der Waals surface area contributed by atoms with Gasteiger partial charge in [0.15, 0.2) is 12.4 Å². The number of alkyl halides is 2. The molecule has 38 heavy (non-hydrogen) atoms. The standard InChI is InChI=1S/C24H26F3N7O3S/c1-24(2,31-23(28)34-8-4-3-7-33(14-35)38-34)16-9-15(5-6-17(16)25)20-10-18(32-37-20)19-11-30-22(12-29-19)36-13-21(26)27/h5-6,9-12,14,21H,3-4,7-8,13H2,1-2H3,(H2,28,31). The number of aromatic nitrogens is 3. The zero-order chi connectivity index (χ0) is 27.3. The molecule has 0 unspecified atom stereocenters. The lowest BCUT2D eigenvalue weighted by Gasteiger charge is -2.27. The number of carbonyl (C=O) groups excluding carboxylic acids is 1. The van der Waals surface area contributed by atoms with Gasteiger partial charge in [-0.05, 0) is 44.9 Å². The molecule has 4 rings (SSSR count). The van der Waals surface area contributed by atoms with Crippen LogP contribution in [-0.4, -0.2) is 62.2 Å². The van der Waals surface area contributed by atoms with Gasteiger partial charge in [0.25, 0.3) is 6.43 Å². The zero-order valence-electron chi connectivity index (χ0n) is 20.7. The van der Waals surface area contributed by atoms with Crippen LogP contribution in [0.15, 0.2) is 46.2 Å². The number of hydrogen-bond donors (Lipinski definition) is 1. The Kier molecular flexibility index (Phi) is 8.39. The molecular weight excluding hydrogens is 523 g/mol. The van der Waals surface area contributed by atoms with E-state index in [2.05, 4.69) is 20.1 Å². The first-order chi connectivity index (χ1) is 18.2. The molecule has 1 aromatic carbocycles. The first kappa shape index (κ1) is 27.2. The van der Waals surface area contributed by atoms with Crippen LogP contribution in [0.3, 0.4) is 0 Å². The fraction of sp³-hybridized carbons (Fsp3) is 0.375. The van der Waals surface area contributed by atoms with E-state index in [9.17, 15) is 18.0 Å². The summed E-state index contributed by atoms with van der Waals surface area (Å²) >= 11 is 1.18. The van der Waals surface area contributed by atoms with E-state index >= 15 is 0 Å². The molecule has 0 aliphatic carbocycles. The maximum Gasteiger partial charge on any atom is 0.272 e. The Morgan fingerprint density at radius 2 is 2.03 bits per heavy atom. The molecule has 0 saturated carbocycles. The highest BCUT2D eigenvalue weighted by molar-refractivity contribution is 7.95. The fourth-order valence-electron chi connectivity index (χ4n) is 3.71. The van der Waals surface area contributed by atoms with Gasteiger partial charge in [-0.1, -0.05) is 5.16 Å². The second-order valence-electron chi connectivity index (χ2n) is 8.88. The van der Waals surface area contributed by atoms with Crippen molar-refractivity contribution in [2.24, 2.45) is 10.7 Å². The van der Waals surface area contributed by atoms with Crippen LogP contribution in [0.5, 0.6) is 5.88 Å². The predicted octanol–water partition coefficient (Wildman–Crippen LogP) is 4.25. The molecule has 202 valence electrons. The third-order valence-electron chi connectivity index (χ3n) is 5.63. The third kappa shape index (κ3) is 6.54. The van der Waals surface area contributed by atoms with Crippen LogP contribution in [0.1, 0.15) is 32.3 Å². The van der Waals surface area contributed by atoms with Gasteiger partial charge in [-0.3, -0.25) is 13.4 Å². The Bertz CT molecular complexity index is 1290. The molecule has 1 amide bonds. The molecule has 0 radical (unpaired) electrons. The van der Waals surface area contributed by atoms with Crippen molar-refractivity contribution in [3.05, 3.63) is 48.0 Å². The summed E-state index contributed by atoms with van der Waals surface area (Å²) in [7, 11) is 0. The summed E-state index contributed by atoms with van der Waals surface area (Å²) < 4.78 is 53.1. The molecule has 2 aromatic heterocycles. The summed E-state index contributed by atoms with van der Waals surface area (Å²) in [5.41, 5.74) is 6.73. The Labute approximate surface area is 221 Å². The average molecular weight is 550 g/mol. The zero-order valence-corrected chi connectivity index (χ0v) is 21.5. The summed E-state index contributed by atoms with van der Waals surface area (Å²) in [5.74, 6) is 0.0114. The molecule has 10 nitrogen and oxygen atoms in total. The van der Waals surface area contributed by atoms with E-state index in [0.29, 0.717) is 35.8 Å². The van der Waals surface area contributed by atoms with E-state index in [1.807, 2.05) is 0 Å². The van der Waals surface area contributed by atoms with Crippen molar-refractivity contribution in [1.29, 1.82) is 0 Å². The predicted molar refractivity (Wildman–Crippen MR) is 135 cm³/mol. The van der Waals surface area contributed by atoms with E-state index in [1.165, 1.54) is 30.6 Å². The minimum absolute atomic E-state index is 0.0413. The average Bonchev–Trinajstić information content (AvgIpc) is 3.25. The van der Waals surface area contributed by atoms with Crippen LogP contribution >= 0.6 is 12.1 Å². The van der Waals surface area contributed by atoms with Gasteiger partial charge < -0.3 is 15.0 Å². The maximum atomic E-state index is 15.0. The second kappa shape index (κ2) is 11.7. The number of guanidine groups is 1. The highest BCUT2D eigenvalue weighted by Gasteiger charge is 2.27. The number of hydrogen-bond acceptors (Lipinski definition) is 8. The van der Waals surface area contributed by atoms with Crippen molar-refractivity contribution >= 4 is 24.5 Å². The summed E-state index contributed by atoms with van der Waals surface area (Å²) in [6, 6.07) is 6.07.